The van der Waals surface area contributed by atoms with Crippen molar-refractivity contribution < 1.29 is 9.59 Å². The third-order valence-electron chi connectivity index (χ3n) is 4.58. The molecule has 3 aromatic rings. The first kappa shape index (κ1) is 22.3. The van der Waals surface area contributed by atoms with Gasteiger partial charge in [-0.05, 0) is 55.7 Å². The fourth-order valence-corrected chi connectivity index (χ4v) is 3.27. The average Bonchev–Trinajstić information content (AvgIpc) is 2.78. The lowest BCUT2D eigenvalue weighted by atomic mass is 10.0. The van der Waals surface area contributed by atoms with Crippen molar-refractivity contribution in [2.45, 2.75) is 24.8 Å². The van der Waals surface area contributed by atoms with Gasteiger partial charge in [0.05, 0.1) is 11.9 Å². The van der Waals surface area contributed by atoms with Crippen LogP contribution in [0.4, 0.5) is 11.5 Å². The van der Waals surface area contributed by atoms with Crippen LogP contribution < -0.4 is 21.1 Å². The molecule has 1 aromatic heterocycles. The maximum Gasteiger partial charge on any atom is 0.278 e. The van der Waals surface area contributed by atoms with E-state index in [9.17, 15) is 9.59 Å². The number of nitrogens with two attached hydrogens (primary N) is 1. The van der Waals surface area contributed by atoms with Gasteiger partial charge in [0.1, 0.15) is 0 Å². The van der Waals surface area contributed by atoms with Crippen LogP contribution >= 0.6 is 11.9 Å². The number of rotatable bonds is 7. The number of nitrogens with one attached hydrogen (secondary N) is 3. The van der Waals surface area contributed by atoms with Crippen molar-refractivity contribution in [3.05, 3.63) is 66.0 Å². The van der Waals surface area contributed by atoms with Crippen LogP contribution in [0, 0.1) is 0 Å². The summed E-state index contributed by atoms with van der Waals surface area (Å²) in [5, 5.41) is 5.97. The van der Waals surface area contributed by atoms with E-state index in [0.29, 0.717) is 11.4 Å². The number of hydrogen-bond acceptors (Lipinski definition) is 7. The SMILES string of the molecule is CNC(C)c1ccc(-c2cnc(N)c(C(=O)Nc3ccc(SNC(C)=O)cc3)n2)cc1. The Bertz CT molecular complexity index is 1070. The van der Waals surface area contributed by atoms with Crippen LogP contribution in [0.1, 0.15) is 35.9 Å². The highest BCUT2D eigenvalue weighted by molar-refractivity contribution is 7.98. The predicted octanol–water partition coefficient (Wildman–Crippen LogP) is 3.40. The Hall–Kier alpha value is -3.43. The highest BCUT2D eigenvalue weighted by Gasteiger charge is 2.15. The van der Waals surface area contributed by atoms with Crippen molar-refractivity contribution in [1.82, 2.24) is 20.0 Å². The van der Waals surface area contributed by atoms with Gasteiger partial charge in [0, 0.05) is 29.1 Å². The number of anilines is 2. The molecule has 2 aromatic carbocycles. The maximum absolute atomic E-state index is 12.7. The quantitative estimate of drug-likeness (QED) is 0.419. The lowest BCUT2D eigenvalue weighted by Crippen LogP contribution is -2.17. The fourth-order valence-electron chi connectivity index (χ4n) is 2.74. The standard InChI is InChI=1S/C22H24N6O2S/c1-13(24-3)15-4-6-16(7-5-15)19-12-25-21(23)20(27-19)22(30)26-17-8-10-18(11-9-17)31-28-14(2)29/h4-13,24H,1-3H3,(H2,23,25)(H,26,30)(H,28,29). The molecule has 0 saturated carbocycles. The van der Waals surface area contributed by atoms with Crippen molar-refractivity contribution in [3.63, 3.8) is 0 Å². The van der Waals surface area contributed by atoms with E-state index in [0.717, 1.165) is 16.0 Å². The second-order valence-corrected chi connectivity index (χ2v) is 7.74. The minimum absolute atomic E-state index is 0.0551. The van der Waals surface area contributed by atoms with Gasteiger partial charge in [-0.15, -0.1) is 0 Å². The van der Waals surface area contributed by atoms with E-state index < -0.39 is 5.91 Å². The summed E-state index contributed by atoms with van der Waals surface area (Å²) in [4.78, 5) is 33.1. The fraction of sp³-hybridized carbons (Fsp3) is 0.182. The van der Waals surface area contributed by atoms with Crippen LogP contribution in [0.5, 0.6) is 0 Å². The Morgan fingerprint density at radius 1 is 1.06 bits per heavy atom. The molecule has 0 fully saturated rings. The van der Waals surface area contributed by atoms with E-state index in [-0.39, 0.29) is 23.5 Å². The molecule has 0 aliphatic rings. The van der Waals surface area contributed by atoms with Crippen LogP contribution in [0.15, 0.2) is 59.6 Å². The van der Waals surface area contributed by atoms with Crippen molar-refractivity contribution in [2.24, 2.45) is 0 Å². The molecular weight excluding hydrogens is 412 g/mol. The topological polar surface area (TPSA) is 122 Å². The van der Waals surface area contributed by atoms with Crippen LogP contribution in [0.3, 0.4) is 0 Å². The van der Waals surface area contributed by atoms with Crippen LogP contribution in [-0.2, 0) is 4.79 Å². The van der Waals surface area contributed by atoms with E-state index in [2.05, 4.69) is 32.2 Å². The first-order valence-corrected chi connectivity index (χ1v) is 10.4. The highest BCUT2D eigenvalue weighted by atomic mass is 32.2. The summed E-state index contributed by atoms with van der Waals surface area (Å²) in [6.45, 7) is 3.52. The third kappa shape index (κ3) is 5.80. The Labute approximate surface area is 185 Å². The summed E-state index contributed by atoms with van der Waals surface area (Å²) in [6.07, 6.45) is 1.55. The molecule has 0 aliphatic carbocycles. The van der Waals surface area contributed by atoms with Gasteiger partial charge in [0.15, 0.2) is 11.5 Å². The van der Waals surface area contributed by atoms with Crippen LogP contribution in [0.25, 0.3) is 11.3 Å². The van der Waals surface area contributed by atoms with E-state index >= 15 is 0 Å². The lowest BCUT2D eigenvalue weighted by molar-refractivity contribution is -0.117. The zero-order valence-corrected chi connectivity index (χ0v) is 18.3. The molecule has 0 spiro atoms. The maximum atomic E-state index is 12.7. The zero-order chi connectivity index (χ0) is 22.4. The van der Waals surface area contributed by atoms with Gasteiger partial charge >= 0.3 is 0 Å². The summed E-state index contributed by atoms with van der Waals surface area (Å²) in [5.74, 6) is -0.531. The predicted molar refractivity (Wildman–Crippen MR) is 123 cm³/mol. The molecule has 1 unspecified atom stereocenters. The smallest absolute Gasteiger partial charge is 0.278 e. The Morgan fingerprint density at radius 2 is 1.74 bits per heavy atom. The summed E-state index contributed by atoms with van der Waals surface area (Å²) >= 11 is 1.20. The van der Waals surface area contributed by atoms with E-state index in [4.69, 9.17) is 5.73 Å². The van der Waals surface area contributed by atoms with E-state index in [1.807, 2.05) is 31.3 Å². The molecule has 5 N–H and O–H groups in total. The monoisotopic (exact) mass is 436 g/mol. The van der Waals surface area contributed by atoms with Gasteiger partial charge in [-0.3, -0.25) is 14.3 Å². The van der Waals surface area contributed by atoms with Crippen molar-refractivity contribution in [2.75, 3.05) is 18.1 Å². The highest BCUT2D eigenvalue weighted by Crippen LogP contribution is 2.22. The molecule has 2 amide bonds. The summed E-state index contributed by atoms with van der Waals surface area (Å²) in [6, 6.07) is 15.2. The number of amides is 2. The largest absolute Gasteiger partial charge is 0.382 e. The summed E-state index contributed by atoms with van der Waals surface area (Å²) < 4.78 is 2.64. The zero-order valence-electron chi connectivity index (χ0n) is 17.5. The lowest BCUT2D eigenvalue weighted by Gasteiger charge is -2.12. The molecule has 1 atom stereocenters. The molecule has 0 radical (unpaired) electrons. The van der Waals surface area contributed by atoms with Crippen molar-refractivity contribution in [3.8, 4) is 11.3 Å². The Morgan fingerprint density at radius 3 is 2.35 bits per heavy atom. The number of benzene rings is 2. The third-order valence-corrected chi connectivity index (χ3v) is 5.48. The van der Waals surface area contributed by atoms with Crippen LogP contribution in [0.2, 0.25) is 0 Å². The van der Waals surface area contributed by atoms with Gasteiger partial charge < -0.3 is 16.4 Å². The van der Waals surface area contributed by atoms with E-state index in [1.165, 1.54) is 18.9 Å². The second-order valence-electron chi connectivity index (χ2n) is 6.86. The second kappa shape index (κ2) is 10.1. The van der Waals surface area contributed by atoms with Crippen molar-refractivity contribution >= 4 is 35.3 Å². The summed E-state index contributed by atoms with van der Waals surface area (Å²) in [5.41, 5.74) is 9.09. The Balaban J connectivity index is 1.75. The number of hydrogen-bond donors (Lipinski definition) is 4. The number of carbonyl (C=O) groups is 2. The molecule has 8 nitrogen and oxygen atoms in total. The molecule has 3 rings (SSSR count). The number of carbonyl (C=O) groups excluding carboxylic acids is 2. The first-order chi connectivity index (χ1) is 14.9. The van der Waals surface area contributed by atoms with Crippen LogP contribution in [-0.4, -0.2) is 28.8 Å². The minimum atomic E-state index is -0.450. The van der Waals surface area contributed by atoms with Gasteiger partial charge in [-0.1, -0.05) is 24.3 Å². The van der Waals surface area contributed by atoms with Crippen molar-refractivity contribution in [1.29, 1.82) is 0 Å². The molecule has 1 heterocycles. The van der Waals surface area contributed by atoms with Gasteiger partial charge in [-0.25, -0.2) is 9.97 Å². The number of aromatic nitrogens is 2. The number of nitrogen functional groups attached to an aromatic ring is 1. The molecule has 0 bridgehead atoms. The molecule has 0 aliphatic heterocycles. The summed E-state index contributed by atoms with van der Waals surface area (Å²) in [7, 11) is 1.91. The first-order valence-electron chi connectivity index (χ1n) is 9.62. The molecular formula is C22H24N6O2S. The molecule has 9 heteroatoms. The van der Waals surface area contributed by atoms with Gasteiger partial charge in [-0.2, -0.15) is 0 Å². The minimum Gasteiger partial charge on any atom is -0.382 e. The van der Waals surface area contributed by atoms with Gasteiger partial charge in [0.2, 0.25) is 5.91 Å². The Kier molecular flexibility index (Phi) is 7.22. The number of nitrogens with zero attached hydrogens (tertiary/aromatic N) is 2. The molecule has 31 heavy (non-hydrogen) atoms. The van der Waals surface area contributed by atoms with Gasteiger partial charge in [0.25, 0.3) is 5.91 Å². The molecule has 160 valence electrons. The molecule has 0 saturated heterocycles. The average molecular weight is 437 g/mol. The van der Waals surface area contributed by atoms with E-state index in [1.54, 1.807) is 30.5 Å². The normalized spacial score (nSPS) is 11.6.